The van der Waals surface area contributed by atoms with Crippen molar-refractivity contribution >= 4 is 5.82 Å². The lowest BCUT2D eigenvalue weighted by Crippen LogP contribution is -1.98. The van der Waals surface area contributed by atoms with Gasteiger partial charge in [0.05, 0.1) is 98.5 Å². The average Bonchev–Trinajstić information content (AvgIpc) is 1.65. The third-order valence-electron chi connectivity index (χ3n) is 21.6. The molecule has 0 atom stereocenters. The Labute approximate surface area is 860 Å². The highest BCUT2D eigenvalue weighted by Gasteiger charge is 2.23. The molecule has 14 heterocycles. The van der Waals surface area contributed by atoms with Gasteiger partial charge in [-0.15, -0.1) is 0 Å². The van der Waals surface area contributed by atoms with Crippen LogP contribution in [-0.4, -0.2) is 180 Å². The maximum absolute atomic E-state index is 5.68. The van der Waals surface area contributed by atoms with Crippen molar-refractivity contribution in [2.75, 3.05) is 74.3 Å². The van der Waals surface area contributed by atoms with Crippen molar-refractivity contribution in [1.29, 1.82) is 0 Å². The van der Waals surface area contributed by atoms with E-state index in [-0.39, 0.29) is 0 Å². The smallest absolute Gasteiger partial charge is 0.262 e. The van der Waals surface area contributed by atoms with E-state index in [1.54, 1.807) is 140 Å². The summed E-state index contributed by atoms with van der Waals surface area (Å²) < 4.78 is 91.4. The number of aromatic nitrogens is 22. The molecule has 0 aliphatic carbocycles. The van der Waals surface area contributed by atoms with Gasteiger partial charge in [-0.3, -0.25) is 19.9 Å². The molecule has 40 heteroatoms. The Morgan fingerprint density at radius 2 is 0.607 bits per heavy atom. The van der Waals surface area contributed by atoms with Crippen LogP contribution in [0.2, 0.25) is 0 Å². The highest BCUT2D eigenvalue weighted by molar-refractivity contribution is 5.71. The van der Waals surface area contributed by atoms with Gasteiger partial charge in [0.15, 0.2) is 11.5 Å². The molecule has 0 fully saturated rings. The normalized spacial score (nSPS) is 10.5. The molecule has 0 spiro atoms. The molecule has 14 aromatic heterocycles. The summed E-state index contributed by atoms with van der Waals surface area (Å²) in [7, 11) is 8.12. The zero-order valence-electron chi connectivity index (χ0n) is 84.2. The minimum Gasteiger partial charge on any atom is -0.496 e. The van der Waals surface area contributed by atoms with Crippen LogP contribution in [0.25, 0.3) is 148 Å². The second-order valence-corrected chi connectivity index (χ2v) is 31.7. The largest absolute Gasteiger partial charge is 0.496 e. The number of rotatable bonds is 30. The van der Waals surface area contributed by atoms with Crippen molar-refractivity contribution in [3.05, 3.63) is 320 Å². The van der Waals surface area contributed by atoms with Gasteiger partial charge in [0.1, 0.15) is 46.1 Å². The number of aryl methyl sites for hydroxylation is 4. The van der Waals surface area contributed by atoms with Gasteiger partial charge in [-0.25, -0.2) is 9.97 Å². The summed E-state index contributed by atoms with van der Waals surface area (Å²) in [5.41, 5.74) is 21.5. The first-order valence-electron chi connectivity index (χ1n) is 47.0. The zero-order valence-corrected chi connectivity index (χ0v) is 84.2. The fraction of sp³-hybridized carbons (Fsp3) is 0.182. The Kier molecular flexibility index (Phi) is 36.6. The van der Waals surface area contributed by atoms with Crippen LogP contribution in [-0.2, 0) is 6.42 Å². The van der Waals surface area contributed by atoms with E-state index in [1.165, 1.54) is 0 Å². The molecule has 2 N–H and O–H groups in total. The van der Waals surface area contributed by atoms with Gasteiger partial charge < -0.3 is 84.8 Å². The highest BCUT2D eigenvalue weighted by atomic mass is 16.5. The summed E-state index contributed by atoms with van der Waals surface area (Å²) in [6.45, 7) is 20.4. The minimum atomic E-state index is 0.393. The quantitative estimate of drug-likeness (QED) is 0.0437. The fourth-order valence-corrected chi connectivity index (χ4v) is 14.1. The molecule has 0 unspecified atom stereocenters. The first kappa shape index (κ1) is 105. The van der Waals surface area contributed by atoms with Gasteiger partial charge in [-0.1, -0.05) is 84.6 Å². The summed E-state index contributed by atoms with van der Waals surface area (Å²) >= 11 is 0. The molecule has 7 aromatic carbocycles. The van der Waals surface area contributed by atoms with Crippen LogP contribution < -0.4 is 53.1 Å². The Morgan fingerprint density at radius 3 is 1.06 bits per heavy atom. The van der Waals surface area contributed by atoms with Gasteiger partial charge in [0.25, 0.3) is 35.3 Å². The van der Waals surface area contributed by atoms with Gasteiger partial charge in [-0.2, -0.15) is 45.1 Å². The number of hydrogen-bond acceptors (Lipinski definition) is 40. The third kappa shape index (κ3) is 28.0. The van der Waals surface area contributed by atoms with Gasteiger partial charge >= 0.3 is 0 Å². The van der Waals surface area contributed by atoms with Crippen molar-refractivity contribution in [3.63, 3.8) is 0 Å². The van der Waals surface area contributed by atoms with Crippen LogP contribution in [0.4, 0.5) is 5.82 Å². The van der Waals surface area contributed by atoms with E-state index in [0.29, 0.717) is 150 Å². The second kappa shape index (κ2) is 52.5. The fourth-order valence-electron chi connectivity index (χ4n) is 14.1. The molecule has 0 aliphatic heterocycles. The molecule has 0 aliphatic rings. The van der Waals surface area contributed by atoms with Crippen LogP contribution in [0.3, 0.4) is 0 Å². The lowest BCUT2D eigenvalue weighted by Gasteiger charge is -2.11. The van der Waals surface area contributed by atoms with E-state index >= 15 is 0 Å². The maximum Gasteiger partial charge on any atom is 0.262 e. The SMILES string of the molecule is CCOc1ccc(-c2nc(-c3ccnc(N)c3)no2)cc1OCC.CCOc1ccc(-c2nc(-c3ccncc3)no2)c(OCC)c1.CCOc1cccc(-c2nc(-c3ccncc3)no2)c1.COc1cc(-c2nc(-c3ccc(C)c(OC)c3)no2)ccn1.COc1cc(-c2nc(-c3ccncc3)no2)ccc1C.COc1cc(-c2noc(-c3ccnnc3)n2)ccc1C.COc1cc(-c2noc(Cc3ccncc3)n2)ccc1C. The molecule has 760 valence electrons. The number of anilines is 1. The number of hydrogen-bond donors (Lipinski definition) is 1. The lowest BCUT2D eigenvalue weighted by atomic mass is 10.1. The predicted molar refractivity (Wildman–Crippen MR) is 554 cm³/mol. The molecule has 150 heavy (non-hydrogen) atoms. The molecule has 40 nitrogen and oxygen atoms in total. The first-order chi connectivity index (χ1) is 73.4. The van der Waals surface area contributed by atoms with E-state index in [1.807, 2.05) is 244 Å². The predicted octanol–water partition coefficient (Wildman–Crippen LogP) is 21.8. The maximum atomic E-state index is 5.68. The van der Waals surface area contributed by atoms with Crippen LogP contribution in [0, 0.1) is 27.7 Å². The molecule has 0 radical (unpaired) electrons. The van der Waals surface area contributed by atoms with Crippen molar-refractivity contribution in [2.45, 2.75) is 68.7 Å². The summed E-state index contributed by atoms with van der Waals surface area (Å²) in [5, 5.41) is 35.5. The standard InChI is InChI=1S/C17H18N4O3.C17H17N3O3.C16H15N3O3.C16H15N3O2.2C15H13N3O2.C14H12N4O2/c1-3-22-13-6-5-12(9-14(13)23-4-2)17-20-16(21-24-17)11-7-8-19-15(18)10-11;1-3-21-13-5-6-14(15(11-13)22-4-2)17-19-16(20-23-17)12-7-9-18-10-8-12;1-10-4-5-11(8-13(10)20-2)15-18-16(22-19-15)12-6-7-17-14(9-12)21-3;1-11-3-4-13(10-14(11)20-2)16-18-15(21-19-16)9-12-5-7-17-8-6-12;1-10-3-4-12(9-13(10)19-2)15-17-14(18-20-15)11-5-7-16-8-6-11;1-2-19-13-5-3-4-12(10-13)15-17-14(18-20-15)11-6-8-16-9-7-11;1-9-3-4-10(7-12(9)19-2)13-17-14(20-18-13)11-5-6-15-16-8-11/h5-10H,3-4H2,1-2H3,(H2,18,19);5-11H,3-4H2,1-2H3;4-9H,1-3H3;3-8,10H,9H2,1-2H3;3-9H,1-2H3;3-10H,2H2,1H3;3-8H,1-2H3. The van der Waals surface area contributed by atoms with Gasteiger partial charge in [0.2, 0.25) is 52.5 Å². The Bertz CT molecular complexity index is 7720. The molecular weight excluding hydrogens is 1920 g/mol. The van der Waals surface area contributed by atoms with E-state index in [9.17, 15) is 0 Å². The van der Waals surface area contributed by atoms with E-state index in [2.05, 4.69) is 111 Å². The highest BCUT2D eigenvalue weighted by Crippen LogP contribution is 2.39. The number of nitrogens with two attached hydrogens (primary N) is 1. The summed E-state index contributed by atoms with van der Waals surface area (Å²) in [6, 6.07) is 65.5. The van der Waals surface area contributed by atoms with Gasteiger partial charge in [-0.05, 0) is 242 Å². The molecule has 0 saturated carbocycles. The van der Waals surface area contributed by atoms with Crippen LogP contribution in [0.1, 0.15) is 68.3 Å². The summed E-state index contributed by atoms with van der Waals surface area (Å²) in [4.78, 5) is 54.7. The van der Waals surface area contributed by atoms with Crippen molar-refractivity contribution < 1.29 is 79.0 Å². The second-order valence-electron chi connectivity index (χ2n) is 31.7. The third-order valence-corrected chi connectivity index (χ3v) is 21.6. The Balaban J connectivity index is 0.000000131. The molecule has 0 saturated heterocycles. The number of pyridine rings is 6. The first-order valence-corrected chi connectivity index (χ1v) is 47.0. The number of nitrogens with zero attached hydrogens (tertiary/aromatic N) is 22. The Hall–Kier alpha value is -19.7. The van der Waals surface area contributed by atoms with Gasteiger partial charge in [0, 0.05) is 135 Å². The van der Waals surface area contributed by atoms with Crippen molar-refractivity contribution in [3.8, 4) is 206 Å². The number of nitrogen functional groups attached to an aromatic ring is 1. The molecular formula is C110H103N23O17. The monoisotopic (exact) mass is 2020 g/mol. The summed E-state index contributed by atoms with van der Waals surface area (Å²) in [5.74, 6) is 14.4. The van der Waals surface area contributed by atoms with E-state index in [0.717, 1.165) is 135 Å². The van der Waals surface area contributed by atoms with Crippen molar-refractivity contribution in [1.82, 2.24) is 111 Å². The van der Waals surface area contributed by atoms with Crippen molar-refractivity contribution in [2.24, 2.45) is 0 Å². The summed E-state index contributed by atoms with van der Waals surface area (Å²) in [6.07, 6.45) is 20.6. The van der Waals surface area contributed by atoms with E-state index in [4.69, 9.17) is 84.8 Å². The topological polar surface area (TPSA) is 494 Å². The molecule has 0 amide bonds. The van der Waals surface area contributed by atoms with E-state index < -0.39 is 0 Å². The lowest BCUT2D eigenvalue weighted by molar-refractivity contribution is 0.288. The number of benzene rings is 7. The van der Waals surface area contributed by atoms with Crippen LogP contribution in [0.5, 0.6) is 57.6 Å². The van der Waals surface area contributed by atoms with Crippen LogP contribution >= 0.6 is 0 Å². The van der Waals surface area contributed by atoms with Crippen LogP contribution in [0.15, 0.2) is 318 Å². The molecule has 0 bridgehead atoms. The minimum absolute atomic E-state index is 0.393. The molecule has 21 rings (SSSR count). The average molecular weight is 2020 g/mol. The zero-order chi connectivity index (χ0) is 105. The Morgan fingerprint density at radius 1 is 0.253 bits per heavy atom. The molecule has 21 aromatic rings. The number of ether oxygens (including phenoxy) is 10. The number of methoxy groups -OCH3 is 5.